The van der Waals surface area contributed by atoms with Gasteiger partial charge in [-0.2, -0.15) is 17.6 Å². The molecular formula is C9H11F5O2. The fourth-order valence-corrected chi connectivity index (χ4v) is 0.800. The summed E-state index contributed by atoms with van der Waals surface area (Å²) >= 11 is 0. The van der Waals surface area contributed by atoms with E-state index in [1.807, 2.05) is 0 Å². The summed E-state index contributed by atoms with van der Waals surface area (Å²) in [5.74, 6) is -6.35. The van der Waals surface area contributed by atoms with Gasteiger partial charge < -0.3 is 4.74 Å². The number of esters is 1. The van der Waals surface area contributed by atoms with Crippen molar-refractivity contribution in [3.05, 3.63) is 11.7 Å². The van der Waals surface area contributed by atoms with Crippen molar-refractivity contribution >= 4 is 5.97 Å². The zero-order valence-electron chi connectivity index (χ0n) is 8.91. The van der Waals surface area contributed by atoms with Gasteiger partial charge in [0.25, 0.3) is 0 Å². The van der Waals surface area contributed by atoms with Gasteiger partial charge in [-0.15, -0.1) is 0 Å². The highest BCUT2D eigenvalue weighted by Gasteiger charge is 2.45. The molecule has 0 aromatic carbocycles. The van der Waals surface area contributed by atoms with Crippen molar-refractivity contribution in [2.24, 2.45) is 5.41 Å². The molecule has 94 valence electrons. The van der Waals surface area contributed by atoms with Gasteiger partial charge >= 0.3 is 12.1 Å². The molecule has 0 spiro atoms. The standard InChI is InChI=1S/C9H11F5O2/c1-4-16-7(15)8(2,3)5(10)6(11)9(12,13)14/h4H2,1-3H3/b6-5+. The first-order valence-electron chi connectivity index (χ1n) is 4.35. The Hall–Kier alpha value is -1.14. The van der Waals surface area contributed by atoms with Crippen LogP contribution in [0.15, 0.2) is 11.7 Å². The molecule has 2 nitrogen and oxygen atoms in total. The van der Waals surface area contributed by atoms with E-state index in [1.54, 1.807) is 0 Å². The van der Waals surface area contributed by atoms with Crippen LogP contribution in [0.25, 0.3) is 0 Å². The van der Waals surface area contributed by atoms with Crippen LogP contribution in [0.1, 0.15) is 20.8 Å². The Kier molecular flexibility index (Phi) is 4.45. The van der Waals surface area contributed by atoms with E-state index in [-0.39, 0.29) is 6.61 Å². The first-order chi connectivity index (χ1) is 7.05. The van der Waals surface area contributed by atoms with Crippen molar-refractivity contribution in [1.82, 2.24) is 0 Å². The van der Waals surface area contributed by atoms with E-state index < -0.39 is 29.2 Å². The molecule has 0 rings (SSSR count). The average Bonchev–Trinajstić information content (AvgIpc) is 2.14. The Morgan fingerprint density at radius 2 is 1.56 bits per heavy atom. The summed E-state index contributed by atoms with van der Waals surface area (Å²) in [5, 5.41) is 0. The monoisotopic (exact) mass is 246 g/mol. The lowest BCUT2D eigenvalue weighted by Crippen LogP contribution is -2.29. The van der Waals surface area contributed by atoms with Gasteiger partial charge in [-0.1, -0.05) is 0 Å². The first kappa shape index (κ1) is 14.9. The molecule has 0 heterocycles. The molecule has 0 amide bonds. The Balaban J connectivity index is 5.24. The Bertz CT molecular complexity index is 304. The van der Waals surface area contributed by atoms with E-state index in [4.69, 9.17) is 0 Å². The van der Waals surface area contributed by atoms with Gasteiger partial charge in [0.05, 0.1) is 6.61 Å². The van der Waals surface area contributed by atoms with Crippen LogP contribution in [0.3, 0.4) is 0 Å². The molecule has 0 unspecified atom stereocenters. The summed E-state index contributed by atoms with van der Waals surface area (Å²) in [7, 11) is 0. The summed E-state index contributed by atoms with van der Waals surface area (Å²) in [5.41, 5.74) is -2.30. The maximum Gasteiger partial charge on any atom is 0.445 e. The molecule has 0 atom stereocenters. The number of halogens is 5. The maximum absolute atomic E-state index is 13.1. The van der Waals surface area contributed by atoms with Crippen LogP contribution in [-0.2, 0) is 9.53 Å². The summed E-state index contributed by atoms with van der Waals surface area (Å²) in [6.07, 6.45) is -5.45. The third-order valence-electron chi connectivity index (χ3n) is 1.78. The number of hydrogen-bond acceptors (Lipinski definition) is 2. The van der Waals surface area contributed by atoms with Gasteiger partial charge in [0.15, 0.2) is 5.83 Å². The van der Waals surface area contributed by atoms with Crippen LogP contribution in [-0.4, -0.2) is 18.8 Å². The third-order valence-corrected chi connectivity index (χ3v) is 1.78. The third kappa shape index (κ3) is 3.18. The normalized spacial score (nSPS) is 14.5. The average molecular weight is 246 g/mol. The van der Waals surface area contributed by atoms with Crippen molar-refractivity contribution < 1.29 is 31.5 Å². The number of ether oxygens (including phenoxy) is 1. The smallest absolute Gasteiger partial charge is 0.445 e. The van der Waals surface area contributed by atoms with Crippen LogP contribution in [0, 0.1) is 5.41 Å². The highest BCUT2D eigenvalue weighted by molar-refractivity contribution is 5.79. The number of carbonyl (C=O) groups excluding carboxylic acids is 1. The largest absolute Gasteiger partial charge is 0.465 e. The maximum atomic E-state index is 13.1. The van der Waals surface area contributed by atoms with E-state index >= 15 is 0 Å². The minimum absolute atomic E-state index is 0.136. The summed E-state index contributed by atoms with van der Waals surface area (Å²) < 4.78 is 65.6. The lowest BCUT2D eigenvalue weighted by atomic mass is 9.91. The van der Waals surface area contributed by atoms with Crippen molar-refractivity contribution in [3.8, 4) is 0 Å². The Labute approximate surface area is 89.1 Å². The van der Waals surface area contributed by atoms with Gasteiger partial charge in [0.2, 0.25) is 5.83 Å². The fourth-order valence-electron chi connectivity index (χ4n) is 0.800. The van der Waals surface area contributed by atoms with E-state index in [0.29, 0.717) is 0 Å². The van der Waals surface area contributed by atoms with Gasteiger partial charge in [0.1, 0.15) is 5.41 Å². The van der Waals surface area contributed by atoms with E-state index in [9.17, 15) is 26.7 Å². The van der Waals surface area contributed by atoms with Crippen LogP contribution in [0.4, 0.5) is 22.0 Å². The number of carbonyl (C=O) groups is 1. The van der Waals surface area contributed by atoms with Crippen LogP contribution in [0.2, 0.25) is 0 Å². The second-order valence-corrected chi connectivity index (χ2v) is 3.47. The minimum Gasteiger partial charge on any atom is -0.465 e. The molecule has 0 N–H and O–H groups in total. The van der Waals surface area contributed by atoms with Crippen LogP contribution < -0.4 is 0 Å². The fraction of sp³-hybridized carbons (Fsp3) is 0.667. The van der Waals surface area contributed by atoms with E-state index in [0.717, 1.165) is 13.8 Å². The zero-order chi connectivity index (χ0) is 13.1. The topological polar surface area (TPSA) is 26.3 Å². The summed E-state index contributed by atoms with van der Waals surface area (Å²) in [4.78, 5) is 11.1. The summed E-state index contributed by atoms with van der Waals surface area (Å²) in [6.45, 7) is 2.89. The molecule has 0 aliphatic rings. The molecule has 16 heavy (non-hydrogen) atoms. The molecule has 0 aliphatic heterocycles. The van der Waals surface area contributed by atoms with Gasteiger partial charge in [-0.25, -0.2) is 4.39 Å². The molecule has 0 aliphatic carbocycles. The Morgan fingerprint density at radius 3 is 1.88 bits per heavy atom. The zero-order valence-corrected chi connectivity index (χ0v) is 8.91. The number of alkyl halides is 3. The van der Waals surface area contributed by atoms with Crippen molar-refractivity contribution in [2.45, 2.75) is 26.9 Å². The van der Waals surface area contributed by atoms with Crippen molar-refractivity contribution in [1.29, 1.82) is 0 Å². The SMILES string of the molecule is CCOC(=O)C(C)(C)/C(F)=C(\F)C(F)(F)F. The molecule has 0 aromatic heterocycles. The van der Waals surface area contributed by atoms with Gasteiger partial charge in [-0.05, 0) is 20.8 Å². The molecule has 0 bridgehead atoms. The van der Waals surface area contributed by atoms with E-state index in [2.05, 4.69) is 4.74 Å². The second-order valence-electron chi connectivity index (χ2n) is 3.47. The molecule has 0 radical (unpaired) electrons. The molecule has 0 saturated heterocycles. The van der Waals surface area contributed by atoms with Gasteiger partial charge in [0, 0.05) is 0 Å². The lowest BCUT2D eigenvalue weighted by molar-refractivity contribution is -0.153. The highest BCUT2D eigenvalue weighted by Crippen LogP contribution is 2.38. The molecule has 0 fully saturated rings. The molecule has 0 saturated carbocycles. The molecular weight excluding hydrogens is 235 g/mol. The van der Waals surface area contributed by atoms with Crippen molar-refractivity contribution in [3.63, 3.8) is 0 Å². The summed E-state index contributed by atoms with van der Waals surface area (Å²) in [6, 6.07) is 0. The second kappa shape index (κ2) is 4.80. The predicted molar refractivity (Wildman–Crippen MR) is 45.7 cm³/mol. The quantitative estimate of drug-likeness (QED) is 0.564. The van der Waals surface area contributed by atoms with Crippen LogP contribution in [0.5, 0.6) is 0 Å². The molecule has 7 heteroatoms. The predicted octanol–water partition coefficient (Wildman–Crippen LogP) is 3.29. The Morgan fingerprint density at radius 1 is 1.12 bits per heavy atom. The highest BCUT2D eigenvalue weighted by atomic mass is 19.4. The number of allylic oxidation sites excluding steroid dienone is 1. The van der Waals surface area contributed by atoms with Gasteiger partial charge in [-0.3, -0.25) is 4.79 Å². The van der Waals surface area contributed by atoms with Crippen LogP contribution >= 0.6 is 0 Å². The molecule has 0 aromatic rings. The lowest BCUT2D eigenvalue weighted by Gasteiger charge is -2.21. The van der Waals surface area contributed by atoms with Crippen molar-refractivity contribution in [2.75, 3.05) is 6.61 Å². The van der Waals surface area contributed by atoms with E-state index in [1.165, 1.54) is 6.92 Å². The number of rotatable bonds is 3. The number of hydrogen-bond donors (Lipinski definition) is 0. The minimum atomic E-state index is -5.45. The first-order valence-corrected chi connectivity index (χ1v) is 4.35.